The summed E-state index contributed by atoms with van der Waals surface area (Å²) in [5.74, 6) is 0.492. The first-order chi connectivity index (χ1) is 9.08. The third kappa shape index (κ3) is 3.15. The van der Waals surface area contributed by atoms with Crippen LogP contribution in [-0.4, -0.2) is 21.9 Å². The van der Waals surface area contributed by atoms with E-state index in [0.29, 0.717) is 12.0 Å². The Kier molecular flexibility index (Phi) is 4.93. The van der Waals surface area contributed by atoms with Crippen LogP contribution in [0.25, 0.3) is 0 Å². The zero-order valence-corrected chi connectivity index (χ0v) is 13.2. The van der Waals surface area contributed by atoms with Crippen molar-refractivity contribution >= 4 is 22.8 Å². The molecule has 0 aromatic heterocycles. The number of carbonyl (C=O) groups is 1. The van der Waals surface area contributed by atoms with Crippen LogP contribution < -0.4 is 5.32 Å². The van der Waals surface area contributed by atoms with E-state index >= 15 is 0 Å². The number of rotatable bonds is 3. The minimum Gasteiger partial charge on any atom is -0.304 e. The number of amidine groups is 1. The van der Waals surface area contributed by atoms with Crippen molar-refractivity contribution in [1.29, 1.82) is 0 Å². The van der Waals surface area contributed by atoms with Gasteiger partial charge in [-0.1, -0.05) is 58.2 Å². The highest BCUT2D eigenvalue weighted by Gasteiger charge is 2.47. The van der Waals surface area contributed by atoms with Gasteiger partial charge in [0.15, 0.2) is 5.17 Å². The fraction of sp³-hybridized carbons (Fsp3) is 0.867. The number of nitrogens with zero attached hydrogens (tertiary/aromatic N) is 1. The molecule has 3 nitrogen and oxygen atoms in total. The van der Waals surface area contributed by atoms with Gasteiger partial charge in [0.25, 0.3) is 0 Å². The molecule has 2 fully saturated rings. The average molecular weight is 282 g/mol. The van der Waals surface area contributed by atoms with Crippen LogP contribution in [0.5, 0.6) is 0 Å². The molecule has 1 saturated heterocycles. The summed E-state index contributed by atoms with van der Waals surface area (Å²) in [6.45, 7) is 6.36. The third-order valence-electron chi connectivity index (χ3n) is 4.47. The second kappa shape index (κ2) is 6.29. The summed E-state index contributed by atoms with van der Waals surface area (Å²) in [6, 6.07) is 0.421. The van der Waals surface area contributed by atoms with Crippen LogP contribution >= 0.6 is 11.8 Å². The van der Waals surface area contributed by atoms with Gasteiger partial charge in [-0.15, -0.1) is 0 Å². The molecule has 19 heavy (non-hydrogen) atoms. The van der Waals surface area contributed by atoms with E-state index in [0.717, 1.165) is 11.6 Å². The highest BCUT2D eigenvalue weighted by molar-refractivity contribution is 8.16. The van der Waals surface area contributed by atoms with Crippen molar-refractivity contribution in [3.05, 3.63) is 0 Å². The van der Waals surface area contributed by atoms with Crippen LogP contribution in [0.4, 0.5) is 0 Å². The standard InChI is InChI=1S/C15H26N2OS/c1-4-15(11(2)3)13(18)17-14(19-15)16-12-9-7-5-6-8-10-12/h11-12H,4-10H2,1-3H3,(H,16,17,18). The topological polar surface area (TPSA) is 41.5 Å². The molecule has 1 N–H and O–H groups in total. The summed E-state index contributed by atoms with van der Waals surface area (Å²) in [6.07, 6.45) is 8.47. The summed E-state index contributed by atoms with van der Waals surface area (Å²) >= 11 is 1.66. The lowest BCUT2D eigenvalue weighted by atomic mass is 9.91. The van der Waals surface area contributed by atoms with Gasteiger partial charge in [0.05, 0.1) is 6.04 Å². The molecular formula is C15H26N2OS. The minimum absolute atomic E-state index is 0.155. The molecule has 1 aliphatic carbocycles. The summed E-state index contributed by atoms with van der Waals surface area (Å²) in [5.41, 5.74) is 0. The summed E-state index contributed by atoms with van der Waals surface area (Å²) in [7, 11) is 0. The van der Waals surface area contributed by atoms with Gasteiger partial charge in [-0.2, -0.15) is 0 Å². The van der Waals surface area contributed by atoms with Gasteiger partial charge in [0.2, 0.25) is 5.91 Å². The molecule has 1 amide bonds. The Bertz CT molecular complexity index is 359. The highest BCUT2D eigenvalue weighted by atomic mass is 32.2. The second-order valence-corrected chi connectivity index (χ2v) is 7.35. The molecule has 0 aromatic carbocycles. The Labute approximate surface area is 121 Å². The van der Waals surface area contributed by atoms with E-state index in [1.54, 1.807) is 11.8 Å². The molecule has 0 spiro atoms. The number of thioether (sulfide) groups is 1. The van der Waals surface area contributed by atoms with E-state index in [2.05, 4.69) is 26.1 Å². The fourth-order valence-electron chi connectivity index (χ4n) is 3.08. The van der Waals surface area contributed by atoms with Crippen molar-refractivity contribution in [2.75, 3.05) is 0 Å². The van der Waals surface area contributed by atoms with Crippen LogP contribution in [0.1, 0.15) is 65.7 Å². The van der Waals surface area contributed by atoms with E-state index in [1.807, 2.05) is 0 Å². The molecule has 2 aliphatic rings. The number of amides is 1. The van der Waals surface area contributed by atoms with Crippen LogP contribution in [0.15, 0.2) is 4.99 Å². The summed E-state index contributed by atoms with van der Waals surface area (Å²) in [5, 5.41) is 3.89. The quantitative estimate of drug-likeness (QED) is 0.801. The maximum absolute atomic E-state index is 12.3. The predicted molar refractivity (Wildman–Crippen MR) is 82.5 cm³/mol. The number of aliphatic imine (C=N–C) groups is 1. The molecule has 4 heteroatoms. The number of hydrogen-bond acceptors (Lipinski definition) is 3. The Balaban J connectivity index is 2.08. The van der Waals surface area contributed by atoms with Gasteiger partial charge in [-0.05, 0) is 25.2 Å². The van der Waals surface area contributed by atoms with Crippen molar-refractivity contribution in [1.82, 2.24) is 5.32 Å². The molecule has 1 saturated carbocycles. The maximum atomic E-state index is 12.3. The van der Waals surface area contributed by atoms with Gasteiger partial charge in [0.1, 0.15) is 4.75 Å². The largest absolute Gasteiger partial charge is 0.304 e. The van der Waals surface area contributed by atoms with Crippen molar-refractivity contribution in [2.24, 2.45) is 10.9 Å². The van der Waals surface area contributed by atoms with Crippen LogP contribution in [0.2, 0.25) is 0 Å². The normalized spacial score (nSPS) is 31.8. The van der Waals surface area contributed by atoms with Gasteiger partial charge in [-0.25, -0.2) is 0 Å². The minimum atomic E-state index is -0.302. The molecule has 1 heterocycles. The Morgan fingerprint density at radius 2 is 1.95 bits per heavy atom. The SMILES string of the molecule is CCC1(C(C)C)SC(=NC2CCCCCC2)NC1=O. The molecule has 2 rings (SSSR count). The smallest absolute Gasteiger partial charge is 0.242 e. The van der Waals surface area contributed by atoms with Gasteiger partial charge < -0.3 is 5.32 Å². The number of carbonyl (C=O) groups excluding carboxylic acids is 1. The number of nitrogens with one attached hydrogen (secondary N) is 1. The van der Waals surface area contributed by atoms with E-state index in [1.165, 1.54) is 38.5 Å². The molecule has 0 bridgehead atoms. The Morgan fingerprint density at radius 1 is 1.32 bits per heavy atom. The van der Waals surface area contributed by atoms with Crippen LogP contribution in [0, 0.1) is 5.92 Å². The monoisotopic (exact) mass is 282 g/mol. The second-order valence-electron chi connectivity index (χ2n) is 6.03. The Hall–Kier alpha value is -0.510. The van der Waals surface area contributed by atoms with Gasteiger partial charge in [0, 0.05) is 0 Å². The van der Waals surface area contributed by atoms with Gasteiger partial charge in [-0.3, -0.25) is 9.79 Å². The summed E-state index contributed by atoms with van der Waals surface area (Å²) in [4.78, 5) is 17.1. The van der Waals surface area contributed by atoms with Crippen molar-refractivity contribution in [2.45, 2.75) is 76.5 Å². The van der Waals surface area contributed by atoms with Crippen molar-refractivity contribution < 1.29 is 4.79 Å². The fourth-order valence-corrected chi connectivity index (χ4v) is 4.29. The lowest BCUT2D eigenvalue weighted by Crippen LogP contribution is -2.40. The van der Waals surface area contributed by atoms with Crippen molar-refractivity contribution in [3.63, 3.8) is 0 Å². The van der Waals surface area contributed by atoms with Gasteiger partial charge >= 0.3 is 0 Å². The average Bonchev–Trinajstić information content (AvgIpc) is 2.54. The highest BCUT2D eigenvalue weighted by Crippen LogP contribution is 2.41. The lowest BCUT2D eigenvalue weighted by molar-refractivity contribution is -0.122. The molecular weight excluding hydrogens is 256 g/mol. The van der Waals surface area contributed by atoms with E-state index in [4.69, 9.17) is 4.99 Å². The molecule has 0 aromatic rings. The molecule has 1 unspecified atom stereocenters. The lowest BCUT2D eigenvalue weighted by Gasteiger charge is -2.26. The first kappa shape index (κ1) is 14.9. The van der Waals surface area contributed by atoms with E-state index in [-0.39, 0.29) is 10.7 Å². The molecule has 1 aliphatic heterocycles. The summed E-state index contributed by atoms with van der Waals surface area (Å²) < 4.78 is -0.302. The first-order valence-corrected chi connectivity index (χ1v) is 8.48. The Morgan fingerprint density at radius 3 is 2.42 bits per heavy atom. The molecule has 1 atom stereocenters. The number of hydrogen-bond donors (Lipinski definition) is 1. The van der Waals surface area contributed by atoms with Crippen LogP contribution in [0.3, 0.4) is 0 Å². The third-order valence-corrected chi connectivity index (χ3v) is 6.18. The first-order valence-electron chi connectivity index (χ1n) is 7.66. The molecule has 0 radical (unpaired) electrons. The zero-order chi connectivity index (χ0) is 13.9. The van der Waals surface area contributed by atoms with E-state index in [9.17, 15) is 4.79 Å². The zero-order valence-electron chi connectivity index (χ0n) is 12.4. The predicted octanol–water partition coefficient (Wildman–Crippen LogP) is 3.73. The van der Waals surface area contributed by atoms with Crippen LogP contribution in [-0.2, 0) is 4.79 Å². The van der Waals surface area contributed by atoms with Crippen molar-refractivity contribution in [3.8, 4) is 0 Å². The maximum Gasteiger partial charge on any atom is 0.242 e. The molecule has 108 valence electrons. The van der Waals surface area contributed by atoms with E-state index < -0.39 is 0 Å².